The zero-order valence-corrected chi connectivity index (χ0v) is 11.3. The number of hydrogen-bond donors (Lipinski definition) is 4. The number of pyridine rings is 1. The topological polar surface area (TPSA) is 107 Å². The Morgan fingerprint density at radius 1 is 1.29 bits per heavy atom. The summed E-state index contributed by atoms with van der Waals surface area (Å²) in [7, 11) is 0. The van der Waals surface area contributed by atoms with E-state index in [-0.39, 0.29) is 12.6 Å². The van der Waals surface area contributed by atoms with Crippen molar-refractivity contribution >= 4 is 23.0 Å². The number of nitrogens with one attached hydrogen (secondary N) is 3. The Morgan fingerprint density at radius 3 is 2.81 bits per heavy atom. The molecule has 3 rings (SSSR count). The molecular weight excluding hydrogens is 272 g/mol. The molecule has 1 aliphatic carbocycles. The van der Waals surface area contributed by atoms with Crippen molar-refractivity contribution in [1.82, 2.24) is 20.6 Å². The number of carbonyl (C=O) groups is 2. The number of aliphatic carboxylic acids is 1. The molecule has 0 saturated heterocycles. The number of fused-ring (bicyclic) bond motifs is 1. The summed E-state index contributed by atoms with van der Waals surface area (Å²) in [6, 6.07) is 5.32. The fraction of sp³-hybridized carbons (Fsp3) is 0.357. The van der Waals surface area contributed by atoms with Crippen molar-refractivity contribution in [2.75, 3.05) is 6.54 Å². The van der Waals surface area contributed by atoms with E-state index in [2.05, 4.69) is 20.6 Å². The van der Waals surface area contributed by atoms with Crippen LogP contribution in [0.15, 0.2) is 24.4 Å². The zero-order chi connectivity index (χ0) is 14.9. The second-order valence-electron chi connectivity index (χ2n) is 5.34. The third kappa shape index (κ3) is 2.81. The summed E-state index contributed by atoms with van der Waals surface area (Å²) in [6.07, 6.45) is 3.05. The van der Waals surface area contributed by atoms with Crippen LogP contribution in [-0.2, 0) is 11.3 Å². The van der Waals surface area contributed by atoms with Gasteiger partial charge in [0.05, 0.1) is 17.7 Å². The van der Waals surface area contributed by atoms with Crippen LogP contribution >= 0.6 is 0 Å². The van der Waals surface area contributed by atoms with Gasteiger partial charge in [0.15, 0.2) is 0 Å². The predicted octanol–water partition coefficient (Wildman–Crippen LogP) is 1.23. The van der Waals surface area contributed by atoms with Gasteiger partial charge in [0, 0.05) is 18.1 Å². The number of amides is 2. The number of aromatic amines is 1. The summed E-state index contributed by atoms with van der Waals surface area (Å²) in [4.78, 5) is 30.0. The van der Waals surface area contributed by atoms with Crippen LogP contribution in [0.25, 0.3) is 11.0 Å². The Morgan fingerprint density at radius 2 is 2.10 bits per heavy atom. The summed E-state index contributed by atoms with van der Waals surface area (Å²) >= 11 is 0. The molecule has 0 radical (unpaired) electrons. The Hall–Kier alpha value is -2.57. The average molecular weight is 288 g/mol. The highest BCUT2D eigenvalue weighted by molar-refractivity contribution is 5.80. The van der Waals surface area contributed by atoms with E-state index in [1.165, 1.54) is 0 Å². The van der Waals surface area contributed by atoms with Crippen LogP contribution < -0.4 is 10.6 Å². The van der Waals surface area contributed by atoms with E-state index in [1.807, 2.05) is 24.4 Å². The van der Waals surface area contributed by atoms with E-state index in [9.17, 15) is 9.59 Å². The molecular formula is C14H16N4O3. The van der Waals surface area contributed by atoms with Crippen LogP contribution in [0.5, 0.6) is 0 Å². The van der Waals surface area contributed by atoms with E-state index in [0.29, 0.717) is 19.4 Å². The number of carboxylic acids is 1. The van der Waals surface area contributed by atoms with Gasteiger partial charge in [-0.15, -0.1) is 0 Å². The van der Waals surface area contributed by atoms with E-state index in [0.717, 1.165) is 16.7 Å². The van der Waals surface area contributed by atoms with Crippen molar-refractivity contribution in [3.05, 3.63) is 30.1 Å². The summed E-state index contributed by atoms with van der Waals surface area (Å²) < 4.78 is 0. The van der Waals surface area contributed by atoms with Crippen molar-refractivity contribution in [3.63, 3.8) is 0 Å². The quantitative estimate of drug-likeness (QED) is 0.663. The highest BCUT2D eigenvalue weighted by Crippen LogP contribution is 2.45. The number of urea groups is 1. The van der Waals surface area contributed by atoms with Crippen molar-refractivity contribution in [2.45, 2.75) is 19.4 Å². The maximum atomic E-state index is 11.7. The van der Waals surface area contributed by atoms with E-state index < -0.39 is 11.4 Å². The Bertz CT molecular complexity index is 690. The average Bonchev–Trinajstić information content (AvgIpc) is 3.13. The van der Waals surface area contributed by atoms with Crippen molar-refractivity contribution in [1.29, 1.82) is 0 Å². The molecule has 21 heavy (non-hydrogen) atoms. The van der Waals surface area contributed by atoms with Gasteiger partial charge >= 0.3 is 12.0 Å². The highest BCUT2D eigenvalue weighted by atomic mass is 16.4. The predicted molar refractivity (Wildman–Crippen MR) is 75.6 cm³/mol. The Balaban J connectivity index is 1.50. The molecule has 0 atom stereocenters. The van der Waals surface area contributed by atoms with E-state index in [1.54, 1.807) is 0 Å². The van der Waals surface area contributed by atoms with Crippen LogP contribution in [-0.4, -0.2) is 33.6 Å². The molecule has 0 unspecified atom stereocenters. The first-order valence-corrected chi connectivity index (χ1v) is 6.77. The van der Waals surface area contributed by atoms with Gasteiger partial charge in [-0.1, -0.05) is 0 Å². The van der Waals surface area contributed by atoms with Crippen molar-refractivity contribution in [3.8, 4) is 0 Å². The molecule has 0 spiro atoms. The van der Waals surface area contributed by atoms with Gasteiger partial charge in [-0.05, 0) is 31.0 Å². The maximum Gasteiger partial charge on any atom is 0.315 e. The van der Waals surface area contributed by atoms with Crippen LogP contribution in [0.3, 0.4) is 0 Å². The minimum Gasteiger partial charge on any atom is -0.481 e. The summed E-state index contributed by atoms with van der Waals surface area (Å²) in [6.45, 7) is 0.456. The SMILES string of the molecule is O=C(NCc1ccc2cc[nH]c2n1)NCC1(C(=O)O)CC1. The number of hydrogen-bond acceptors (Lipinski definition) is 3. The highest BCUT2D eigenvalue weighted by Gasteiger charge is 2.50. The Labute approximate surface area is 120 Å². The molecule has 2 aromatic heterocycles. The largest absolute Gasteiger partial charge is 0.481 e. The third-order valence-corrected chi connectivity index (χ3v) is 3.79. The molecule has 1 saturated carbocycles. The van der Waals surface area contributed by atoms with Crippen LogP contribution in [0.2, 0.25) is 0 Å². The lowest BCUT2D eigenvalue weighted by atomic mass is 10.1. The van der Waals surface area contributed by atoms with Gasteiger partial charge < -0.3 is 20.7 Å². The number of aromatic nitrogens is 2. The first-order valence-electron chi connectivity index (χ1n) is 6.77. The molecule has 2 heterocycles. The monoisotopic (exact) mass is 288 g/mol. The van der Waals surface area contributed by atoms with E-state index >= 15 is 0 Å². The molecule has 0 aromatic carbocycles. The molecule has 4 N–H and O–H groups in total. The number of nitrogens with zero attached hydrogens (tertiary/aromatic N) is 1. The molecule has 2 amide bonds. The van der Waals surface area contributed by atoms with Crippen LogP contribution in [0.4, 0.5) is 4.79 Å². The lowest BCUT2D eigenvalue weighted by Crippen LogP contribution is -2.40. The van der Waals surface area contributed by atoms with Crippen molar-refractivity contribution in [2.24, 2.45) is 5.41 Å². The molecule has 7 nitrogen and oxygen atoms in total. The van der Waals surface area contributed by atoms with E-state index in [4.69, 9.17) is 5.11 Å². The molecule has 2 aromatic rings. The number of H-pyrrole nitrogens is 1. The standard InChI is InChI=1S/C14H16N4O3/c19-12(20)14(4-5-14)8-17-13(21)16-7-10-2-1-9-3-6-15-11(9)18-10/h1-3,6H,4-5,7-8H2,(H,15,18)(H,19,20)(H2,16,17,21). The minimum atomic E-state index is -0.846. The molecule has 0 bridgehead atoms. The van der Waals surface area contributed by atoms with Gasteiger partial charge in [0.1, 0.15) is 5.65 Å². The van der Waals surface area contributed by atoms with Gasteiger partial charge in [-0.3, -0.25) is 4.79 Å². The Kier molecular flexibility index (Phi) is 3.25. The lowest BCUT2D eigenvalue weighted by molar-refractivity contribution is -0.143. The van der Waals surface area contributed by atoms with Gasteiger partial charge in [-0.25, -0.2) is 9.78 Å². The summed E-state index contributed by atoms with van der Waals surface area (Å²) in [5.74, 6) is -0.846. The normalized spacial score (nSPS) is 15.6. The fourth-order valence-electron chi connectivity index (χ4n) is 2.17. The summed E-state index contributed by atoms with van der Waals surface area (Å²) in [5.41, 5.74) is 0.760. The van der Waals surface area contributed by atoms with Crippen LogP contribution in [0, 0.1) is 5.41 Å². The number of carboxylic acid groups (broad SMARTS) is 1. The summed E-state index contributed by atoms with van der Waals surface area (Å²) in [5, 5.41) is 15.3. The second-order valence-corrected chi connectivity index (χ2v) is 5.34. The minimum absolute atomic E-state index is 0.164. The molecule has 110 valence electrons. The smallest absolute Gasteiger partial charge is 0.315 e. The fourth-order valence-corrected chi connectivity index (χ4v) is 2.17. The first-order chi connectivity index (χ1) is 10.1. The zero-order valence-electron chi connectivity index (χ0n) is 11.3. The first kappa shape index (κ1) is 13.4. The van der Waals surface area contributed by atoms with Gasteiger partial charge in [0.2, 0.25) is 0 Å². The molecule has 0 aliphatic heterocycles. The maximum absolute atomic E-state index is 11.7. The second kappa shape index (κ2) is 5.08. The molecule has 7 heteroatoms. The number of rotatable bonds is 5. The lowest BCUT2D eigenvalue weighted by Gasteiger charge is -2.11. The molecule has 1 fully saturated rings. The van der Waals surface area contributed by atoms with Crippen LogP contribution in [0.1, 0.15) is 18.5 Å². The molecule has 1 aliphatic rings. The third-order valence-electron chi connectivity index (χ3n) is 3.79. The van der Waals surface area contributed by atoms with Gasteiger partial charge in [-0.2, -0.15) is 0 Å². The number of carbonyl (C=O) groups excluding carboxylic acids is 1. The van der Waals surface area contributed by atoms with Crippen molar-refractivity contribution < 1.29 is 14.7 Å². The van der Waals surface area contributed by atoms with Gasteiger partial charge in [0.25, 0.3) is 0 Å².